The second-order valence-corrected chi connectivity index (χ2v) is 6.37. The average Bonchev–Trinajstić information content (AvgIpc) is 2.92. The van der Waals surface area contributed by atoms with Gasteiger partial charge >= 0.3 is 5.97 Å². The van der Waals surface area contributed by atoms with Crippen LogP contribution in [0.15, 0.2) is 48.5 Å². The molecule has 1 atom stereocenters. The second-order valence-electron chi connectivity index (χ2n) is 6.37. The highest BCUT2D eigenvalue weighted by Gasteiger charge is 2.55. The number of aromatic hydroxyl groups is 4. The van der Waals surface area contributed by atoms with Crippen LogP contribution in [0.1, 0.15) is 27.0 Å². The van der Waals surface area contributed by atoms with Crippen LogP contribution >= 0.6 is 0 Å². The number of hydrogen-bond donors (Lipinski definition) is 4. The number of carbonyl (C=O) groups excluding carboxylic acids is 1. The maximum absolute atomic E-state index is 12.6. The molecule has 27 heavy (non-hydrogen) atoms. The van der Waals surface area contributed by atoms with Crippen molar-refractivity contribution >= 4 is 5.97 Å². The van der Waals surface area contributed by atoms with Gasteiger partial charge < -0.3 is 29.9 Å². The first kappa shape index (κ1) is 15.4. The Morgan fingerprint density at radius 3 is 2.44 bits per heavy atom. The summed E-state index contributed by atoms with van der Waals surface area (Å²) in [4.78, 5) is 12.6. The fraction of sp³-hybridized carbons (Fsp3) is 0.0500. The topological polar surface area (TPSA) is 116 Å². The van der Waals surface area contributed by atoms with Gasteiger partial charge in [0.2, 0.25) is 5.75 Å². The van der Waals surface area contributed by atoms with Gasteiger partial charge in [-0.05, 0) is 18.2 Å². The third-order valence-corrected chi connectivity index (χ3v) is 4.89. The Hall–Kier alpha value is -3.87. The van der Waals surface area contributed by atoms with Gasteiger partial charge in [-0.25, -0.2) is 4.79 Å². The molecule has 3 aromatic carbocycles. The predicted molar refractivity (Wildman–Crippen MR) is 91.4 cm³/mol. The van der Waals surface area contributed by atoms with Crippen LogP contribution in [0.2, 0.25) is 0 Å². The quantitative estimate of drug-likeness (QED) is 0.358. The highest BCUT2D eigenvalue weighted by molar-refractivity contribution is 5.97. The number of fused-ring (bicyclic) bond motifs is 6. The number of esters is 1. The molecular formula is C20H12O7. The van der Waals surface area contributed by atoms with Gasteiger partial charge in [0.25, 0.3) is 0 Å². The number of phenolic OH excluding ortho intramolecular Hbond substituents is 4. The highest BCUT2D eigenvalue weighted by atomic mass is 16.6. The standard InChI is InChI=1S/C20H12O7/c21-9-7-14(23)16-15(8-9)26-18-12(5-6-13(22)17(18)24)20(16)11-4-2-1-3-10(11)19(25)27-20/h1-8,21-24H. The van der Waals surface area contributed by atoms with Crippen molar-refractivity contribution in [3.8, 4) is 34.5 Å². The summed E-state index contributed by atoms with van der Waals surface area (Å²) >= 11 is 0. The number of carbonyl (C=O) groups is 1. The Balaban J connectivity index is 1.96. The van der Waals surface area contributed by atoms with E-state index in [1.807, 2.05) is 0 Å². The Morgan fingerprint density at radius 1 is 0.852 bits per heavy atom. The monoisotopic (exact) mass is 364 g/mol. The zero-order valence-corrected chi connectivity index (χ0v) is 13.6. The summed E-state index contributed by atoms with van der Waals surface area (Å²) in [6.45, 7) is 0. The minimum absolute atomic E-state index is 0.00889. The van der Waals surface area contributed by atoms with E-state index in [9.17, 15) is 25.2 Å². The van der Waals surface area contributed by atoms with E-state index in [4.69, 9.17) is 9.47 Å². The molecule has 2 aliphatic heterocycles. The third kappa shape index (κ3) is 1.77. The fourth-order valence-electron chi connectivity index (χ4n) is 3.81. The summed E-state index contributed by atoms with van der Waals surface area (Å²) in [6, 6.07) is 11.7. The molecule has 0 saturated heterocycles. The van der Waals surface area contributed by atoms with Gasteiger partial charge in [0.05, 0.1) is 16.7 Å². The molecule has 0 amide bonds. The molecule has 0 saturated carbocycles. The second kappa shape index (κ2) is 4.85. The van der Waals surface area contributed by atoms with Crippen molar-refractivity contribution in [3.05, 3.63) is 70.8 Å². The fourth-order valence-corrected chi connectivity index (χ4v) is 3.81. The maximum atomic E-state index is 12.6. The Morgan fingerprint density at radius 2 is 1.63 bits per heavy atom. The van der Waals surface area contributed by atoms with Crippen molar-refractivity contribution < 1.29 is 34.7 Å². The molecule has 0 aromatic heterocycles. The van der Waals surface area contributed by atoms with Crippen molar-refractivity contribution in [2.24, 2.45) is 0 Å². The molecule has 0 radical (unpaired) electrons. The lowest BCUT2D eigenvalue weighted by molar-refractivity contribution is 0.0215. The van der Waals surface area contributed by atoms with Crippen LogP contribution in [-0.2, 0) is 10.3 Å². The van der Waals surface area contributed by atoms with Crippen LogP contribution in [0.4, 0.5) is 0 Å². The molecule has 7 nitrogen and oxygen atoms in total. The van der Waals surface area contributed by atoms with E-state index in [-0.39, 0.29) is 34.1 Å². The van der Waals surface area contributed by atoms with Gasteiger partial charge in [0, 0.05) is 17.7 Å². The van der Waals surface area contributed by atoms with E-state index < -0.39 is 23.1 Å². The lowest BCUT2D eigenvalue weighted by Gasteiger charge is -2.37. The van der Waals surface area contributed by atoms with E-state index in [0.29, 0.717) is 11.1 Å². The van der Waals surface area contributed by atoms with Gasteiger partial charge in [-0.1, -0.05) is 18.2 Å². The van der Waals surface area contributed by atoms with Gasteiger partial charge in [-0.3, -0.25) is 0 Å². The van der Waals surface area contributed by atoms with E-state index in [1.165, 1.54) is 18.2 Å². The minimum Gasteiger partial charge on any atom is -0.508 e. The molecule has 5 rings (SSSR count). The minimum atomic E-state index is -1.60. The molecule has 7 heteroatoms. The van der Waals surface area contributed by atoms with Gasteiger partial charge in [0.1, 0.15) is 17.2 Å². The Kier molecular flexibility index (Phi) is 2.77. The summed E-state index contributed by atoms with van der Waals surface area (Å²) in [5.41, 5.74) is -0.483. The van der Waals surface area contributed by atoms with Crippen LogP contribution < -0.4 is 4.74 Å². The predicted octanol–water partition coefficient (Wildman–Crippen LogP) is 3.08. The number of hydrogen-bond acceptors (Lipinski definition) is 7. The van der Waals surface area contributed by atoms with Gasteiger partial charge in [0.15, 0.2) is 17.1 Å². The average molecular weight is 364 g/mol. The van der Waals surface area contributed by atoms with Gasteiger partial charge in [-0.15, -0.1) is 0 Å². The molecular weight excluding hydrogens is 352 g/mol. The van der Waals surface area contributed by atoms with Crippen molar-refractivity contribution in [3.63, 3.8) is 0 Å². The van der Waals surface area contributed by atoms with Crippen LogP contribution in [0.3, 0.4) is 0 Å². The van der Waals surface area contributed by atoms with E-state index >= 15 is 0 Å². The Bertz CT molecular complexity index is 1150. The van der Waals surface area contributed by atoms with Crippen molar-refractivity contribution in [1.29, 1.82) is 0 Å². The normalized spacial score (nSPS) is 19.0. The summed E-state index contributed by atoms with van der Waals surface area (Å²) in [7, 11) is 0. The smallest absolute Gasteiger partial charge is 0.340 e. The zero-order chi connectivity index (χ0) is 18.9. The molecule has 0 fully saturated rings. The first-order valence-electron chi connectivity index (χ1n) is 8.06. The molecule has 3 aromatic rings. The SMILES string of the molecule is O=C1OC2(c3ccccc31)c1ccc(O)c(O)c1Oc1cc(O)cc(O)c12. The molecule has 2 aliphatic rings. The van der Waals surface area contributed by atoms with Crippen LogP contribution in [-0.4, -0.2) is 26.4 Å². The number of ether oxygens (including phenoxy) is 2. The Labute approximate surface area is 152 Å². The largest absolute Gasteiger partial charge is 0.508 e. The summed E-state index contributed by atoms with van der Waals surface area (Å²) in [5, 5.41) is 40.6. The summed E-state index contributed by atoms with van der Waals surface area (Å²) in [6.07, 6.45) is 0. The lowest BCUT2D eigenvalue weighted by Crippen LogP contribution is -2.33. The van der Waals surface area contributed by atoms with Crippen molar-refractivity contribution in [2.75, 3.05) is 0 Å². The summed E-state index contributed by atoms with van der Waals surface area (Å²) in [5.74, 6) is -2.32. The molecule has 4 N–H and O–H groups in total. The lowest BCUT2D eigenvalue weighted by atomic mass is 9.77. The van der Waals surface area contributed by atoms with Gasteiger partial charge in [-0.2, -0.15) is 0 Å². The van der Waals surface area contributed by atoms with Crippen molar-refractivity contribution in [2.45, 2.75) is 5.60 Å². The number of rotatable bonds is 0. The molecule has 2 heterocycles. The van der Waals surface area contributed by atoms with E-state index in [0.717, 1.165) is 6.07 Å². The molecule has 0 aliphatic carbocycles. The number of benzene rings is 3. The van der Waals surface area contributed by atoms with Crippen LogP contribution in [0.5, 0.6) is 34.5 Å². The molecule has 134 valence electrons. The molecule has 0 bridgehead atoms. The van der Waals surface area contributed by atoms with Crippen molar-refractivity contribution in [1.82, 2.24) is 0 Å². The van der Waals surface area contributed by atoms with E-state index in [1.54, 1.807) is 24.3 Å². The third-order valence-electron chi connectivity index (χ3n) is 4.89. The molecule has 1 spiro atoms. The highest BCUT2D eigenvalue weighted by Crippen LogP contribution is 2.61. The van der Waals surface area contributed by atoms with Crippen LogP contribution in [0.25, 0.3) is 0 Å². The molecule has 1 unspecified atom stereocenters. The zero-order valence-electron chi connectivity index (χ0n) is 13.6. The number of phenols is 4. The maximum Gasteiger partial charge on any atom is 0.340 e. The first-order chi connectivity index (χ1) is 12.9. The van der Waals surface area contributed by atoms with Crippen LogP contribution in [0, 0.1) is 0 Å². The van der Waals surface area contributed by atoms with E-state index in [2.05, 4.69) is 0 Å². The summed E-state index contributed by atoms with van der Waals surface area (Å²) < 4.78 is 11.4. The first-order valence-corrected chi connectivity index (χ1v) is 8.06.